The van der Waals surface area contributed by atoms with Crippen LogP contribution in [0.15, 0.2) is 0 Å². The summed E-state index contributed by atoms with van der Waals surface area (Å²) < 4.78 is 0. The highest BCUT2D eigenvalue weighted by molar-refractivity contribution is 8.00. The second-order valence-corrected chi connectivity index (χ2v) is 4.07. The lowest BCUT2D eigenvalue weighted by molar-refractivity contribution is -0.303. The molecule has 0 aromatic carbocycles. The zero-order valence-electron chi connectivity index (χ0n) is 7.12. The van der Waals surface area contributed by atoms with Crippen LogP contribution in [0.25, 0.3) is 0 Å². The van der Waals surface area contributed by atoms with Gasteiger partial charge in [-0.2, -0.15) is 0 Å². The van der Waals surface area contributed by atoms with Crippen LogP contribution < -0.4 is 10.4 Å². The Hall–Kier alpha value is -0.710. The molecule has 0 aliphatic rings. The normalized spacial score (nSPS) is 9.92. The average Bonchev–Trinajstić information content (AvgIpc) is 1.96. The van der Waals surface area contributed by atoms with Gasteiger partial charge in [0.1, 0.15) is 0 Å². The highest BCUT2D eigenvalue weighted by atomic mass is 32.2. The minimum atomic E-state index is -1.27. The Labute approximate surface area is 75.7 Å². The van der Waals surface area contributed by atoms with Crippen LogP contribution in [0.5, 0.6) is 0 Å². The molecule has 70 valence electrons. The summed E-state index contributed by atoms with van der Waals surface area (Å²) in [5.41, 5.74) is 0. The van der Waals surface area contributed by atoms with Crippen LogP contribution in [-0.2, 0) is 9.59 Å². The first-order chi connectivity index (χ1) is 5.52. The molecule has 1 N–H and O–H groups in total. The average molecular weight is 190 g/mol. The van der Waals surface area contributed by atoms with Crippen molar-refractivity contribution in [3.05, 3.63) is 0 Å². The van der Waals surface area contributed by atoms with Crippen molar-refractivity contribution in [1.82, 2.24) is 5.32 Å². The Morgan fingerprint density at radius 1 is 1.50 bits per heavy atom. The van der Waals surface area contributed by atoms with Crippen molar-refractivity contribution in [1.29, 1.82) is 0 Å². The summed E-state index contributed by atoms with van der Waals surface area (Å²) in [6.07, 6.45) is 0. The van der Waals surface area contributed by atoms with E-state index in [1.54, 1.807) is 0 Å². The van der Waals surface area contributed by atoms with Gasteiger partial charge in [0.05, 0.1) is 18.3 Å². The number of carbonyl (C=O) groups excluding carboxylic acids is 2. The van der Waals surface area contributed by atoms with Crippen LogP contribution in [0.2, 0.25) is 0 Å². The molecule has 0 aromatic heterocycles. The van der Waals surface area contributed by atoms with Crippen molar-refractivity contribution >= 4 is 23.6 Å². The first kappa shape index (κ1) is 11.3. The molecule has 1 amide bonds. The maximum atomic E-state index is 10.8. The number of carboxylic acids is 1. The summed E-state index contributed by atoms with van der Waals surface area (Å²) in [7, 11) is 0. The molecule has 0 aliphatic carbocycles. The fraction of sp³-hybridized carbons (Fsp3) is 0.714. The smallest absolute Gasteiger partial charge is 0.230 e. The SMILES string of the molecule is CC(C)SCC(=O)NCC(=O)[O-]. The second-order valence-electron chi connectivity index (χ2n) is 2.51. The molecular formula is C7H12NO3S-. The van der Waals surface area contributed by atoms with E-state index in [9.17, 15) is 14.7 Å². The molecule has 4 nitrogen and oxygen atoms in total. The van der Waals surface area contributed by atoms with Crippen LogP contribution in [0, 0.1) is 0 Å². The lowest BCUT2D eigenvalue weighted by Crippen LogP contribution is -2.38. The minimum absolute atomic E-state index is 0.266. The Morgan fingerprint density at radius 3 is 2.50 bits per heavy atom. The highest BCUT2D eigenvalue weighted by Gasteiger charge is 2.02. The second kappa shape index (κ2) is 5.88. The quantitative estimate of drug-likeness (QED) is 0.603. The predicted octanol–water partition coefficient (Wildman–Crippen LogP) is -1.01. The van der Waals surface area contributed by atoms with Gasteiger partial charge in [-0.25, -0.2) is 0 Å². The number of carbonyl (C=O) groups is 2. The molecule has 0 bridgehead atoms. The monoisotopic (exact) mass is 190 g/mol. The molecule has 12 heavy (non-hydrogen) atoms. The molecule has 0 unspecified atom stereocenters. The Kier molecular flexibility index (Phi) is 5.53. The Balaban J connectivity index is 3.40. The molecule has 0 radical (unpaired) electrons. The zero-order valence-corrected chi connectivity index (χ0v) is 7.94. The number of rotatable bonds is 5. The van der Waals surface area contributed by atoms with E-state index >= 15 is 0 Å². The molecule has 0 saturated heterocycles. The zero-order chi connectivity index (χ0) is 9.56. The van der Waals surface area contributed by atoms with E-state index in [1.165, 1.54) is 11.8 Å². The standard InChI is InChI=1S/C7H13NO3S/c1-5(2)12-4-6(9)8-3-7(10)11/h5H,3-4H2,1-2H3,(H,8,9)(H,10,11)/p-1. The van der Waals surface area contributed by atoms with E-state index in [1.807, 2.05) is 13.8 Å². The molecule has 0 spiro atoms. The molecule has 5 heteroatoms. The van der Waals surface area contributed by atoms with Gasteiger partial charge in [0.15, 0.2) is 0 Å². The maximum absolute atomic E-state index is 10.8. The van der Waals surface area contributed by atoms with Crippen molar-refractivity contribution in [2.24, 2.45) is 0 Å². The summed E-state index contributed by atoms with van der Waals surface area (Å²) in [5, 5.41) is 12.5. The van der Waals surface area contributed by atoms with Crippen molar-refractivity contribution in [3.8, 4) is 0 Å². The molecule has 0 heterocycles. The van der Waals surface area contributed by atoms with E-state index in [4.69, 9.17) is 0 Å². The van der Waals surface area contributed by atoms with Crippen LogP contribution in [-0.4, -0.2) is 29.4 Å². The van der Waals surface area contributed by atoms with Crippen molar-refractivity contribution in [2.75, 3.05) is 12.3 Å². The van der Waals surface area contributed by atoms with Gasteiger partial charge in [-0.15, -0.1) is 11.8 Å². The third-order valence-corrected chi connectivity index (χ3v) is 2.07. The maximum Gasteiger partial charge on any atom is 0.230 e. The van der Waals surface area contributed by atoms with Crippen molar-refractivity contribution in [2.45, 2.75) is 19.1 Å². The van der Waals surface area contributed by atoms with Crippen LogP contribution in [0.1, 0.15) is 13.8 Å². The lowest BCUT2D eigenvalue weighted by atomic mass is 10.6. The largest absolute Gasteiger partial charge is 0.548 e. The fourth-order valence-electron chi connectivity index (χ4n) is 0.464. The first-order valence-electron chi connectivity index (χ1n) is 3.60. The van der Waals surface area contributed by atoms with Gasteiger partial charge < -0.3 is 15.2 Å². The van der Waals surface area contributed by atoms with Crippen LogP contribution in [0.3, 0.4) is 0 Å². The first-order valence-corrected chi connectivity index (χ1v) is 4.65. The van der Waals surface area contributed by atoms with Gasteiger partial charge in [-0.05, 0) is 5.25 Å². The molecule has 0 saturated carbocycles. The summed E-state index contributed by atoms with van der Waals surface area (Å²) in [6.45, 7) is 3.53. The predicted molar refractivity (Wildman–Crippen MR) is 45.6 cm³/mol. The highest BCUT2D eigenvalue weighted by Crippen LogP contribution is 2.07. The summed E-state index contributed by atoms with van der Waals surface area (Å²) in [5.74, 6) is -1.24. The van der Waals surface area contributed by atoms with E-state index in [0.29, 0.717) is 11.0 Å². The number of hydrogen-bond donors (Lipinski definition) is 1. The third-order valence-electron chi connectivity index (χ3n) is 0.978. The van der Waals surface area contributed by atoms with E-state index in [0.717, 1.165) is 0 Å². The third kappa shape index (κ3) is 7.40. The number of carboxylic acid groups (broad SMARTS) is 1. The van der Waals surface area contributed by atoms with Gasteiger partial charge in [0.2, 0.25) is 5.91 Å². The molecular weight excluding hydrogens is 178 g/mol. The minimum Gasteiger partial charge on any atom is -0.548 e. The van der Waals surface area contributed by atoms with Gasteiger partial charge in [-0.1, -0.05) is 13.8 Å². The van der Waals surface area contributed by atoms with E-state index < -0.39 is 12.5 Å². The Bertz CT molecular complexity index is 170. The number of aliphatic carboxylic acids is 1. The fourth-order valence-corrected chi connectivity index (χ4v) is 1.05. The number of thioether (sulfide) groups is 1. The molecule has 0 fully saturated rings. The van der Waals surface area contributed by atoms with Crippen LogP contribution >= 0.6 is 11.8 Å². The Morgan fingerprint density at radius 2 is 2.08 bits per heavy atom. The summed E-state index contributed by atoms with van der Waals surface area (Å²) >= 11 is 1.47. The van der Waals surface area contributed by atoms with Crippen molar-refractivity contribution in [3.63, 3.8) is 0 Å². The topological polar surface area (TPSA) is 69.2 Å². The summed E-state index contributed by atoms with van der Waals surface area (Å²) in [6, 6.07) is 0. The number of hydrogen-bond acceptors (Lipinski definition) is 4. The van der Waals surface area contributed by atoms with Gasteiger partial charge in [0, 0.05) is 0 Å². The molecule has 0 rings (SSSR count). The van der Waals surface area contributed by atoms with Gasteiger partial charge in [0.25, 0.3) is 0 Å². The number of nitrogens with one attached hydrogen (secondary N) is 1. The van der Waals surface area contributed by atoms with E-state index in [-0.39, 0.29) is 5.91 Å². The van der Waals surface area contributed by atoms with Crippen LogP contribution in [0.4, 0.5) is 0 Å². The van der Waals surface area contributed by atoms with E-state index in [2.05, 4.69) is 5.32 Å². The molecule has 0 aliphatic heterocycles. The van der Waals surface area contributed by atoms with Gasteiger partial charge >= 0.3 is 0 Å². The lowest BCUT2D eigenvalue weighted by Gasteiger charge is -2.06. The summed E-state index contributed by atoms with van der Waals surface area (Å²) in [4.78, 5) is 20.7. The molecule has 0 atom stereocenters. The van der Waals surface area contributed by atoms with Crippen molar-refractivity contribution < 1.29 is 14.7 Å². The van der Waals surface area contributed by atoms with Gasteiger partial charge in [-0.3, -0.25) is 4.79 Å². The number of amides is 1. The molecule has 0 aromatic rings.